The number of aromatic nitrogens is 2. The van der Waals surface area contributed by atoms with Crippen molar-refractivity contribution in [2.24, 2.45) is 0 Å². The first kappa shape index (κ1) is 34.3. The van der Waals surface area contributed by atoms with Crippen molar-refractivity contribution in [2.45, 2.75) is 0 Å². The minimum Gasteiger partial charge on any atom is -0.456 e. The van der Waals surface area contributed by atoms with Crippen molar-refractivity contribution in [1.82, 2.24) is 9.13 Å². The Balaban J connectivity index is 0.866. The maximum Gasteiger partial charge on any atom is 0.136 e. The molecule has 0 aliphatic carbocycles. The van der Waals surface area contributed by atoms with Crippen LogP contribution in [0.5, 0.6) is 0 Å². The molecule has 11 aromatic carbocycles. The van der Waals surface area contributed by atoms with Crippen LogP contribution >= 0.6 is 0 Å². The summed E-state index contributed by atoms with van der Waals surface area (Å²) >= 11 is 0. The summed E-state index contributed by atoms with van der Waals surface area (Å²) < 4.78 is 11.1. The molecule has 63 heavy (non-hydrogen) atoms. The van der Waals surface area contributed by atoms with Crippen molar-refractivity contribution in [3.8, 4) is 44.8 Å². The van der Waals surface area contributed by atoms with Crippen LogP contribution in [-0.4, -0.2) is 9.13 Å². The van der Waals surface area contributed by atoms with E-state index in [1.165, 1.54) is 115 Å². The highest BCUT2D eigenvalue weighted by Crippen LogP contribution is 2.44. The van der Waals surface area contributed by atoms with Gasteiger partial charge >= 0.3 is 0 Å². The molecule has 0 N–H and O–H groups in total. The third kappa shape index (κ3) is 5.02. The van der Waals surface area contributed by atoms with Crippen LogP contribution in [0.25, 0.3) is 132 Å². The number of furan rings is 1. The van der Waals surface area contributed by atoms with Crippen LogP contribution in [0.4, 0.5) is 0 Å². The van der Waals surface area contributed by atoms with E-state index in [1.807, 2.05) is 0 Å². The van der Waals surface area contributed by atoms with Gasteiger partial charge in [-0.05, 0) is 140 Å². The lowest BCUT2D eigenvalue weighted by atomic mass is 9.91. The van der Waals surface area contributed by atoms with Gasteiger partial charge in [0.05, 0.1) is 22.1 Å². The number of nitrogens with zero attached hydrogens (tertiary/aromatic N) is 2. The number of rotatable bonds is 5. The van der Waals surface area contributed by atoms with Gasteiger partial charge in [-0.3, -0.25) is 0 Å². The zero-order valence-electron chi connectivity index (χ0n) is 34.1. The van der Waals surface area contributed by atoms with E-state index in [1.54, 1.807) is 0 Å². The van der Waals surface area contributed by atoms with Crippen LogP contribution < -0.4 is 0 Å². The lowest BCUT2D eigenvalue weighted by Crippen LogP contribution is -1.94. The van der Waals surface area contributed by atoms with E-state index in [9.17, 15) is 0 Å². The second kappa shape index (κ2) is 13.1. The van der Waals surface area contributed by atoms with Crippen LogP contribution in [0.3, 0.4) is 0 Å². The van der Waals surface area contributed by atoms with E-state index in [0.717, 1.165) is 16.9 Å². The van der Waals surface area contributed by atoms with E-state index >= 15 is 0 Å². The molecule has 3 heterocycles. The van der Waals surface area contributed by atoms with Crippen LogP contribution in [0, 0.1) is 0 Å². The Hall–Kier alpha value is -8.40. The van der Waals surface area contributed by atoms with E-state index < -0.39 is 0 Å². The molecular formula is C60H36N2O. The first-order valence-electron chi connectivity index (χ1n) is 21.7. The summed E-state index contributed by atoms with van der Waals surface area (Å²) in [7, 11) is 0. The van der Waals surface area contributed by atoms with Gasteiger partial charge in [-0.15, -0.1) is 0 Å². The minimum atomic E-state index is 0.943. The molecular weight excluding hydrogens is 765 g/mol. The van der Waals surface area contributed by atoms with Gasteiger partial charge in [-0.1, -0.05) is 133 Å². The number of para-hydroxylation sites is 3. The fourth-order valence-corrected chi connectivity index (χ4v) is 10.6. The molecule has 0 bridgehead atoms. The molecule has 292 valence electrons. The summed E-state index contributed by atoms with van der Waals surface area (Å²) in [6.45, 7) is 0. The highest BCUT2D eigenvalue weighted by atomic mass is 16.3. The molecule has 3 nitrogen and oxygen atoms in total. The Labute approximate surface area is 362 Å². The van der Waals surface area contributed by atoms with E-state index in [4.69, 9.17) is 4.42 Å². The third-order valence-corrected chi connectivity index (χ3v) is 13.4. The number of hydrogen-bond acceptors (Lipinski definition) is 1. The van der Waals surface area contributed by atoms with Crippen molar-refractivity contribution >= 4 is 87.1 Å². The maximum atomic E-state index is 6.31. The molecule has 0 aliphatic heterocycles. The van der Waals surface area contributed by atoms with Gasteiger partial charge in [-0.2, -0.15) is 0 Å². The van der Waals surface area contributed by atoms with E-state index in [-0.39, 0.29) is 0 Å². The SMILES string of the molecule is c1ccc(-n2c3ccccc3c3cc(-c4ccc5c(c4)c4ccccc4n5-c4cccc(-c5cccc(-c6ccc7c(c6)c6cccc8oc9cccc7c9c86)c5)c4)ccc32)cc1. The second-order valence-corrected chi connectivity index (χ2v) is 16.9. The van der Waals surface area contributed by atoms with Gasteiger partial charge in [0.15, 0.2) is 0 Å². The second-order valence-electron chi connectivity index (χ2n) is 16.9. The van der Waals surface area contributed by atoms with Crippen molar-refractivity contribution < 1.29 is 4.42 Å². The molecule has 0 radical (unpaired) electrons. The molecule has 0 unspecified atom stereocenters. The highest BCUT2D eigenvalue weighted by Gasteiger charge is 2.19. The molecule has 0 saturated carbocycles. The molecule has 0 aliphatic rings. The first-order chi connectivity index (χ1) is 31.2. The number of benzene rings is 11. The fourth-order valence-electron chi connectivity index (χ4n) is 10.6. The molecule has 0 spiro atoms. The average molecular weight is 801 g/mol. The molecule has 0 fully saturated rings. The van der Waals surface area contributed by atoms with Crippen LogP contribution in [0.1, 0.15) is 0 Å². The largest absolute Gasteiger partial charge is 0.456 e. The summed E-state index contributed by atoms with van der Waals surface area (Å²) in [4.78, 5) is 0. The fraction of sp³-hybridized carbons (Fsp3) is 0. The zero-order valence-corrected chi connectivity index (χ0v) is 34.1. The van der Waals surface area contributed by atoms with Crippen LogP contribution in [0.15, 0.2) is 223 Å². The molecule has 0 atom stereocenters. The highest BCUT2D eigenvalue weighted by molar-refractivity contribution is 6.33. The van der Waals surface area contributed by atoms with E-state index in [2.05, 4.69) is 228 Å². The Bertz CT molecular complexity index is 4140. The van der Waals surface area contributed by atoms with Crippen LogP contribution in [-0.2, 0) is 0 Å². The molecule has 14 rings (SSSR count). The van der Waals surface area contributed by atoms with Gasteiger partial charge in [0.2, 0.25) is 0 Å². The predicted octanol–water partition coefficient (Wildman–Crippen LogP) is 16.5. The standard InChI is InChI=1S/C60H36N2O/c1-2-15-43(16-3-1)61-53-22-6-4-18-46(53)51-35-41(27-30-55(51)61)42-28-31-56-52(36-42)47-19-5-7-23-54(47)62(56)44-17-9-14-39(33-44)37-12-8-13-38(32-37)40-26-29-45-48-20-10-24-57-59(48)60-49(50(45)34-40)21-11-25-58(60)63-57/h1-36H. The van der Waals surface area contributed by atoms with Gasteiger partial charge in [0.25, 0.3) is 0 Å². The summed E-state index contributed by atoms with van der Waals surface area (Å²) in [6.07, 6.45) is 0. The zero-order chi connectivity index (χ0) is 41.2. The van der Waals surface area contributed by atoms with Crippen molar-refractivity contribution in [2.75, 3.05) is 0 Å². The minimum absolute atomic E-state index is 0.943. The summed E-state index contributed by atoms with van der Waals surface area (Å²) in [5.74, 6) is 0. The third-order valence-electron chi connectivity index (χ3n) is 13.4. The Morgan fingerprint density at radius 1 is 0.238 bits per heavy atom. The van der Waals surface area contributed by atoms with E-state index in [0.29, 0.717) is 0 Å². The monoisotopic (exact) mass is 800 g/mol. The number of hydrogen-bond donors (Lipinski definition) is 0. The van der Waals surface area contributed by atoms with Crippen molar-refractivity contribution in [1.29, 1.82) is 0 Å². The average Bonchev–Trinajstić information content (AvgIpc) is 4.02. The molecule has 0 saturated heterocycles. The van der Waals surface area contributed by atoms with Crippen molar-refractivity contribution in [3.05, 3.63) is 218 Å². The summed E-state index contributed by atoms with van der Waals surface area (Å²) in [6, 6.07) is 79.8. The molecule has 14 aromatic rings. The van der Waals surface area contributed by atoms with Crippen LogP contribution in [0.2, 0.25) is 0 Å². The Morgan fingerprint density at radius 2 is 0.667 bits per heavy atom. The van der Waals surface area contributed by atoms with Crippen molar-refractivity contribution in [3.63, 3.8) is 0 Å². The topological polar surface area (TPSA) is 23.0 Å². The quantitative estimate of drug-likeness (QED) is 0.159. The predicted molar refractivity (Wildman–Crippen MR) is 265 cm³/mol. The molecule has 3 heteroatoms. The van der Waals surface area contributed by atoms with Gasteiger partial charge in [-0.25, -0.2) is 0 Å². The normalized spacial score (nSPS) is 12.1. The van der Waals surface area contributed by atoms with Gasteiger partial charge in [0, 0.05) is 43.7 Å². The lowest BCUT2D eigenvalue weighted by Gasteiger charge is -2.13. The van der Waals surface area contributed by atoms with Gasteiger partial charge in [0.1, 0.15) is 11.2 Å². The first-order valence-corrected chi connectivity index (χ1v) is 21.7. The molecule has 0 amide bonds. The Kier molecular flexibility index (Phi) is 7.11. The lowest BCUT2D eigenvalue weighted by molar-refractivity contribution is 0.669. The maximum absolute atomic E-state index is 6.31. The summed E-state index contributed by atoms with van der Waals surface area (Å²) in [5, 5.41) is 12.4. The molecule has 3 aromatic heterocycles. The smallest absolute Gasteiger partial charge is 0.136 e. The number of fused-ring (bicyclic) bond motifs is 9. The Morgan fingerprint density at radius 3 is 1.30 bits per heavy atom. The van der Waals surface area contributed by atoms with Gasteiger partial charge < -0.3 is 13.6 Å². The summed E-state index contributed by atoms with van der Waals surface area (Å²) in [5.41, 5.74) is 16.2.